The highest BCUT2D eigenvalue weighted by Gasteiger charge is 2.50. The molecule has 1 saturated carbocycles. The number of hydrogen-bond donors (Lipinski definition) is 1. The molecular formula is C21H42N3O7PSi. The summed E-state index contributed by atoms with van der Waals surface area (Å²) >= 11 is 0. The summed E-state index contributed by atoms with van der Waals surface area (Å²) in [4.78, 5) is 15.5. The summed E-state index contributed by atoms with van der Waals surface area (Å²) in [5, 5.41) is 14.5. The van der Waals surface area contributed by atoms with Crippen molar-refractivity contribution in [2.75, 3.05) is 19.4 Å². The van der Waals surface area contributed by atoms with E-state index in [9.17, 15) is 14.5 Å². The van der Waals surface area contributed by atoms with Crippen molar-refractivity contribution < 1.29 is 32.7 Å². The van der Waals surface area contributed by atoms with E-state index in [0.29, 0.717) is 16.6 Å². The molecule has 33 heavy (non-hydrogen) atoms. The Hall–Kier alpha value is -0.933. The van der Waals surface area contributed by atoms with Crippen LogP contribution in [0.2, 0.25) is 16.6 Å². The molecule has 0 unspecified atom stereocenters. The molecule has 192 valence electrons. The van der Waals surface area contributed by atoms with Gasteiger partial charge in [0.15, 0.2) is 0 Å². The van der Waals surface area contributed by atoms with Crippen molar-refractivity contribution in [2.24, 2.45) is 5.11 Å². The van der Waals surface area contributed by atoms with Crippen molar-refractivity contribution in [3.8, 4) is 0 Å². The van der Waals surface area contributed by atoms with E-state index in [1.165, 1.54) is 0 Å². The predicted molar refractivity (Wildman–Crippen MR) is 130 cm³/mol. The molecule has 0 aromatic carbocycles. The highest BCUT2D eigenvalue weighted by atomic mass is 31.2. The Labute approximate surface area is 199 Å². The highest BCUT2D eigenvalue weighted by Crippen LogP contribution is 2.48. The van der Waals surface area contributed by atoms with Crippen LogP contribution in [-0.4, -0.2) is 63.1 Å². The Bertz CT molecular complexity index is 699. The van der Waals surface area contributed by atoms with E-state index < -0.39 is 52.4 Å². The lowest BCUT2D eigenvalue weighted by Crippen LogP contribution is -2.56. The third-order valence-electron chi connectivity index (χ3n) is 6.33. The smallest absolute Gasteiger partial charge is 0.341 e. The first-order chi connectivity index (χ1) is 15.4. The molecule has 1 N–H and O–H groups in total. The van der Waals surface area contributed by atoms with Gasteiger partial charge in [-0.05, 0) is 42.4 Å². The number of hydrogen-bond acceptors (Lipinski definition) is 8. The van der Waals surface area contributed by atoms with Crippen molar-refractivity contribution in [1.29, 1.82) is 0 Å². The molecule has 0 amide bonds. The molecule has 0 aromatic heterocycles. The van der Waals surface area contributed by atoms with Crippen molar-refractivity contribution in [3.63, 3.8) is 0 Å². The summed E-state index contributed by atoms with van der Waals surface area (Å²) in [6.45, 7) is 16.5. The topological polar surface area (TPSA) is 140 Å². The Morgan fingerprint density at radius 3 is 2.00 bits per heavy atom. The van der Waals surface area contributed by atoms with E-state index in [-0.39, 0.29) is 26.1 Å². The fourth-order valence-electron chi connectivity index (χ4n) is 5.09. The van der Waals surface area contributed by atoms with Crippen molar-refractivity contribution in [1.82, 2.24) is 0 Å². The zero-order valence-electron chi connectivity index (χ0n) is 21.3. The van der Waals surface area contributed by atoms with Crippen LogP contribution in [0.5, 0.6) is 0 Å². The average Bonchev–Trinajstić information content (AvgIpc) is 2.68. The van der Waals surface area contributed by atoms with Crippen LogP contribution in [0.1, 0.15) is 68.2 Å². The second kappa shape index (κ2) is 13.2. The van der Waals surface area contributed by atoms with Gasteiger partial charge in [-0.2, -0.15) is 0 Å². The summed E-state index contributed by atoms with van der Waals surface area (Å²) in [6, 6.07) is -0.568. The average molecular weight is 508 g/mol. The first-order valence-corrected chi connectivity index (χ1v) is 15.7. The maximum Gasteiger partial charge on any atom is 0.341 e. The number of aliphatic hydroxyl groups excluding tert-OH is 1. The lowest BCUT2D eigenvalue weighted by molar-refractivity contribution is -0.158. The van der Waals surface area contributed by atoms with Gasteiger partial charge >= 0.3 is 13.6 Å². The van der Waals surface area contributed by atoms with Gasteiger partial charge in [-0.15, -0.1) is 0 Å². The minimum absolute atomic E-state index is 0.111. The molecular weight excluding hydrogens is 465 g/mol. The van der Waals surface area contributed by atoms with Gasteiger partial charge in [0.2, 0.25) is 8.32 Å². The summed E-state index contributed by atoms with van der Waals surface area (Å²) in [7, 11) is -5.95. The minimum atomic E-state index is -3.62. The first kappa shape index (κ1) is 30.1. The number of rotatable bonds is 13. The van der Waals surface area contributed by atoms with E-state index in [2.05, 4.69) is 51.6 Å². The van der Waals surface area contributed by atoms with Gasteiger partial charge in [0, 0.05) is 11.3 Å². The molecule has 0 spiro atoms. The lowest BCUT2D eigenvalue weighted by atomic mass is 9.88. The predicted octanol–water partition coefficient (Wildman–Crippen LogP) is 5.56. The monoisotopic (exact) mass is 507 g/mol. The number of carbonyl (C=O) groups excluding carboxylic acids is 1. The molecule has 10 nitrogen and oxygen atoms in total. The summed E-state index contributed by atoms with van der Waals surface area (Å²) in [5.74, 6) is -0.773. The number of carbonyl (C=O) groups is 1. The Kier molecular flexibility index (Phi) is 12.1. The Morgan fingerprint density at radius 2 is 1.58 bits per heavy atom. The molecule has 1 aliphatic carbocycles. The molecule has 1 aliphatic rings. The van der Waals surface area contributed by atoms with Crippen LogP contribution in [-0.2, 0) is 27.6 Å². The van der Waals surface area contributed by atoms with Crippen LogP contribution in [0.4, 0.5) is 0 Å². The van der Waals surface area contributed by atoms with Gasteiger partial charge < -0.3 is 23.3 Å². The minimum Gasteiger partial charge on any atom is -0.459 e. The number of esters is 1. The maximum atomic E-state index is 12.7. The van der Waals surface area contributed by atoms with Gasteiger partial charge in [-0.3, -0.25) is 9.36 Å². The van der Waals surface area contributed by atoms with Gasteiger partial charge in [0.25, 0.3) is 0 Å². The fraction of sp³-hybridized carbons (Fsp3) is 0.952. The highest BCUT2D eigenvalue weighted by molar-refractivity contribution is 7.54. The molecule has 4 atom stereocenters. The molecule has 1 rings (SSSR count). The van der Waals surface area contributed by atoms with Crippen LogP contribution in [0.15, 0.2) is 5.11 Å². The van der Waals surface area contributed by atoms with Crippen LogP contribution in [0.3, 0.4) is 0 Å². The van der Waals surface area contributed by atoms with E-state index in [1.807, 2.05) is 0 Å². The number of azide groups is 1. The van der Waals surface area contributed by atoms with E-state index >= 15 is 0 Å². The Balaban J connectivity index is 3.12. The summed E-state index contributed by atoms with van der Waals surface area (Å²) in [6.07, 6.45) is -2.64. The second-order valence-corrected chi connectivity index (χ2v) is 16.9. The molecule has 12 heteroatoms. The molecule has 0 saturated heterocycles. The van der Waals surface area contributed by atoms with Gasteiger partial charge in [-0.25, -0.2) is 0 Å². The third kappa shape index (κ3) is 7.78. The van der Waals surface area contributed by atoms with Crippen LogP contribution >= 0.6 is 7.60 Å². The molecule has 0 aliphatic heterocycles. The zero-order valence-corrected chi connectivity index (χ0v) is 23.2. The van der Waals surface area contributed by atoms with Gasteiger partial charge in [0.05, 0.1) is 31.5 Å². The fourth-order valence-corrected chi connectivity index (χ4v) is 12.1. The normalized spacial score (nSPS) is 24.2. The Morgan fingerprint density at radius 1 is 1.06 bits per heavy atom. The SMILES string of the molecule is CCOP(=O)(CC(=O)O[C@H]1C[C@H](O[Si](C(C)C)(C(C)C)C(C)C)[C@@H](N=[N+]=[N-])C[C@@H]1O)OCC. The van der Waals surface area contributed by atoms with E-state index in [1.54, 1.807) is 13.8 Å². The van der Waals surface area contributed by atoms with Gasteiger partial charge in [0.1, 0.15) is 12.3 Å². The number of aliphatic hydroxyl groups is 1. The van der Waals surface area contributed by atoms with E-state index in [0.717, 1.165) is 0 Å². The molecule has 0 radical (unpaired) electrons. The summed E-state index contributed by atoms with van der Waals surface area (Å²) in [5.41, 5.74) is 9.99. The molecule has 0 aromatic rings. The summed E-state index contributed by atoms with van der Waals surface area (Å²) < 4.78 is 35.4. The molecule has 0 bridgehead atoms. The largest absolute Gasteiger partial charge is 0.459 e. The third-order valence-corrected chi connectivity index (χ3v) is 14.4. The first-order valence-electron chi connectivity index (χ1n) is 11.8. The second-order valence-electron chi connectivity index (χ2n) is 9.42. The standard InChI is InChI=1S/C21H42N3O7PSi/c1-9-28-32(27,29-10-2)13-21(26)30-20-12-19(17(23-24-22)11-18(20)25)31-33(14(3)4,15(5)6)16(7)8/h14-20,25H,9-13H2,1-8H3/t17-,18-,19-,20-/m0/s1. The van der Waals surface area contributed by atoms with Crippen molar-refractivity contribution >= 4 is 21.9 Å². The van der Waals surface area contributed by atoms with E-state index in [4.69, 9.17) is 23.7 Å². The quantitative estimate of drug-likeness (QED) is 0.0859. The zero-order chi connectivity index (χ0) is 25.4. The van der Waals surface area contributed by atoms with Crippen LogP contribution in [0.25, 0.3) is 10.4 Å². The number of nitrogens with zero attached hydrogens (tertiary/aromatic N) is 3. The van der Waals surface area contributed by atoms with Crippen molar-refractivity contribution in [3.05, 3.63) is 10.4 Å². The van der Waals surface area contributed by atoms with Crippen LogP contribution < -0.4 is 0 Å². The number of ether oxygens (including phenoxy) is 1. The maximum absolute atomic E-state index is 12.7. The lowest BCUT2D eigenvalue weighted by Gasteiger charge is -2.48. The molecule has 1 fully saturated rings. The van der Waals surface area contributed by atoms with Crippen LogP contribution in [0, 0.1) is 0 Å². The molecule has 0 heterocycles. The van der Waals surface area contributed by atoms with Crippen molar-refractivity contribution in [2.45, 2.75) is 109 Å². The van der Waals surface area contributed by atoms with Gasteiger partial charge in [-0.1, -0.05) is 46.7 Å².